The van der Waals surface area contributed by atoms with Gasteiger partial charge in [0.15, 0.2) is 0 Å². The molecule has 15 heavy (non-hydrogen) atoms. The minimum atomic E-state index is 0.495. The van der Waals surface area contributed by atoms with Crippen LogP contribution in [0.4, 0.5) is 5.82 Å². The fourth-order valence-corrected chi connectivity index (χ4v) is 2.22. The lowest BCUT2D eigenvalue weighted by Crippen LogP contribution is -1.84. The van der Waals surface area contributed by atoms with E-state index in [1.54, 1.807) is 23.1 Å². The molecule has 3 heterocycles. The largest absolute Gasteiger partial charge is 0.382 e. The van der Waals surface area contributed by atoms with Gasteiger partial charge in [0.05, 0.1) is 6.20 Å². The van der Waals surface area contributed by atoms with Gasteiger partial charge in [-0.15, -0.1) is 0 Å². The first-order valence-corrected chi connectivity index (χ1v) is 5.17. The molecule has 0 aliphatic rings. The molecule has 6 heteroatoms. The normalized spacial score (nSPS) is 10.9. The topological polar surface area (TPSA) is 69.1 Å². The number of hydrogen-bond donors (Lipinski definition) is 1. The van der Waals surface area contributed by atoms with Crippen LogP contribution in [-0.2, 0) is 0 Å². The average Bonchev–Trinajstić information content (AvgIpc) is 2.76. The molecule has 0 fully saturated rings. The molecule has 0 bridgehead atoms. The molecule has 0 unspecified atom stereocenters. The van der Waals surface area contributed by atoms with Crippen molar-refractivity contribution in [3.63, 3.8) is 0 Å². The Hall–Kier alpha value is -1.95. The van der Waals surface area contributed by atoms with E-state index in [0.29, 0.717) is 5.82 Å². The van der Waals surface area contributed by atoms with E-state index in [4.69, 9.17) is 5.73 Å². The number of aromatic nitrogens is 4. The molecule has 0 spiro atoms. The third-order valence-corrected chi connectivity index (χ3v) is 2.96. The third kappa shape index (κ3) is 1.35. The lowest BCUT2D eigenvalue weighted by Gasteiger charge is -1.91. The molecule has 2 N–H and O–H groups in total. The third-order valence-electron chi connectivity index (χ3n) is 1.99. The van der Waals surface area contributed by atoms with Crippen LogP contribution in [0, 0.1) is 0 Å². The van der Waals surface area contributed by atoms with Gasteiger partial charge >= 0.3 is 0 Å². The Bertz CT molecular complexity index is 566. The molecule has 0 amide bonds. The van der Waals surface area contributed by atoms with Crippen LogP contribution in [0.25, 0.3) is 15.5 Å². The van der Waals surface area contributed by atoms with E-state index in [9.17, 15) is 0 Å². The van der Waals surface area contributed by atoms with E-state index >= 15 is 0 Å². The maximum atomic E-state index is 5.55. The Morgan fingerprint density at radius 1 is 1.27 bits per heavy atom. The number of nitrogens with two attached hydrogens (primary N) is 1. The minimum Gasteiger partial charge on any atom is -0.382 e. The maximum absolute atomic E-state index is 5.55. The second kappa shape index (κ2) is 3.03. The predicted octanol–water partition coefficient (Wildman–Crippen LogP) is 1.44. The molecule has 74 valence electrons. The van der Waals surface area contributed by atoms with Crippen LogP contribution in [0.1, 0.15) is 0 Å². The second-order valence-electron chi connectivity index (χ2n) is 3.04. The number of rotatable bonds is 1. The number of pyridine rings is 1. The number of anilines is 1. The van der Waals surface area contributed by atoms with Crippen molar-refractivity contribution in [2.75, 3.05) is 5.73 Å². The van der Waals surface area contributed by atoms with Crippen LogP contribution < -0.4 is 5.73 Å². The molecule has 3 aromatic rings. The van der Waals surface area contributed by atoms with Crippen LogP contribution in [-0.4, -0.2) is 19.6 Å². The van der Waals surface area contributed by atoms with Gasteiger partial charge in [-0.25, -0.2) is 9.50 Å². The van der Waals surface area contributed by atoms with E-state index in [1.165, 1.54) is 11.3 Å². The first-order valence-electron chi connectivity index (χ1n) is 4.35. The van der Waals surface area contributed by atoms with Crippen molar-refractivity contribution in [2.24, 2.45) is 0 Å². The summed E-state index contributed by atoms with van der Waals surface area (Å²) < 4.78 is 1.69. The summed E-state index contributed by atoms with van der Waals surface area (Å²) in [7, 11) is 0. The van der Waals surface area contributed by atoms with Gasteiger partial charge in [-0.3, -0.25) is 4.98 Å². The number of nitrogens with zero attached hydrogens (tertiary/aromatic N) is 4. The van der Waals surface area contributed by atoms with Gasteiger partial charge in [-0.2, -0.15) is 5.10 Å². The molecule has 5 nitrogen and oxygen atoms in total. The van der Waals surface area contributed by atoms with Crippen molar-refractivity contribution in [2.45, 2.75) is 0 Å². The van der Waals surface area contributed by atoms with Crippen LogP contribution in [0.15, 0.2) is 30.7 Å². The van der Waals surface area contributed by atoms with Gasteiger partial charge in [0.1, 0.15) is 10.8 Å². The van der Waals surface area contributed by atoms with E-state index in [1.807, 2.05) is 12.1 Å². The highest BCUT2D eigenvalue weighted by molar-refractivity contribution is 7.19. The molecular weight excluding hydrogens is 210 g/mol. The summed E-state index contributed by atoms with van der Waals surface area (Å²) >= 11 is 1.50. The van der Waals surface area contributed by atoms with Crippen molar-refractivity contribution in [3.8, 4) is 10.6 Å². The smallest absolute Gasteiger partial charge is 0.214 e. The minimum absolute atomic E-state index is 0.495. The average molecular weight is 217 g/mol. The Balaban J connectivity index is 2.16. The Morgan fingerprint density at radius 3 is 2.80 bits per heavy atom. The van der Waals surface area contributed by atoms with Crippen LogP contribution >= 0.6 is 11.3 Å². The van der Waals surface area contributed by atoms with Crippen molar-refractivity contribution in [1.29, 1.82) is 0 Å². The van der Waals surface area contributed by atoms with E-state index < -0.39 is 0 Å². The van der Waals surface area contributed by atoms with Crippen molar-refractivity contribution in [3.05, 3.63) is 30.7 Å². The number of hydrogen-bond acceptors (Lipinski definition) is 5. The summed E-state index contributed by atoms with van der Waals surface area (Å²) in [6.07, 6.45) is 5.19. The predicted molar refractivity (Wildman–Crippen MR) is 58.5 cm³/mol. The summed E-state index contributed by atoms with van der Waals surface area (Å²) in [6.45, 7) is 0. The molecule has 0 aromatic carbocycles. The van der Waals surface area contributed by atoms with Crippen LogP contribution in [0.2, 0.25) is 0 Å². The fraction of sp³-hybridized carbons (Fsp3) is 0. The Kier molecular flexibility index (Phi) is 1.69. The van der Waals surface area contributed by atoms with Gasteiger partial charge in [0.25, 0.3) is 0 Å². The molecular formula is C9H7N5S. The zero-order valence-corrected chi connectivity index (χ0v) is 8.48. The Morgan fingerprint density at radius 2 is 2.07 bits per heavy atom. The van der Waals surface area contributed by atoms with Crippen molar-refractivity contribution >= 4 is 22.1 Å². The summed E-state index contributed by atoms with van der Waals surface area (Å²) in [5.41, 5.74) is 6.59. The highest BCUT2D eigenvalue weighted by Gasteiger charge is 2.07. The quantitative estimate of drug-likeness (QED) is 0.669. The van der Waals surface area contributed by atoms with Gasteiger partial charge in [-0.1, -0.05) is 11.3 Å². The van der Waals surface area contributed by atoms with Gasteiger partial charge in [-0.05, 0) is 12.1 Å². The van der Waals surface area contributed by atoms with Crippen molar-refractivity contribution in [1.82, 2.24) is 19.6 Å². The van der Waals surface area contributed by atoms with Crippen LogP contribution in [0.5, 0.6) is 0 Å². The molecule has 0 saturated carbocycles. The zero-order chi connectivity index (χ0) is 10.3. The molecule has 3 rings (SSSR count). The van der Waals surface area contributed by atoms with Gasteiger partial charge < -0.3 is 5.73 Å². The summed E-state index contributed by atoms with van der Waals surface area (Å²) in [5, 5.41) is 5.29. The molecule has 0 radical (unpaired) electrons. The zero-order valence-electron chi connectivity index (χ0n) is 7.66. The van der Waals surface area contributed by atoms with Gasteiger partial charge in [0, 0.05) is 18.0 Å². The monoisotopic (exact) mass is 217 g/mol. The summed E-state index contributed by atoms with van der Waals surface area (Å²) in [4.78, 5) is 8.91. The van der Waals surface area contributed by atoms with E-state index in [0.717, 1.165) is 15.5 Å². The second-order valence-corrected chi connectivity index (χ2v) is 3.99. The van der Waals surface area contributed by atoms with Crippen molar-refractivity contribution < 1.29 is 0 Å². The highest BCUT2D eigenvalue weighted by Crippen LogP contribution is 2.24. The van der Waals surface area contributed by atoms with E-state index in [-0.39, 0.29) is 0 Å². The first-order chi connectivity index (χ1) is 7.33. The molecule has 3 aromatic heterocycles. The lowest BCUT2D eigenvalue weighted by molar-refractivity contribution is 0.978. The van der Waals surface area contributed by atoms with Crippen LogP contribution in [0.3, 0.4) is 0 Å². The summed E-state index contributed by atoms with van der Waals surface area (Å²) in [6, 6.07) is 3.84. The number of imidazole rings is 1. The molecule has 0 aliphatic carbocycles. The SMILES string of the molecule is Nc1cn2nc(-c3ccncc3)sc2n1. The highest BCUT2D eigenvalue weighted by atomic mass is 32.1. The van der Waals surface area contributed by atoms with E-state index in [2.05, 4.69) is 15.1 Å². The maximum Gasteiger partial charge on any atom is 0.214 e. The lowest BCUT2D eigenvalue weighted by atomic mass is 10.3. The molecule has 0 atom stereocenters. The summed E-state index contributed by atoms with van der Waals surface area (Å²) in [5.74, 6) is 0.495. The van der Waals surface area contributed by atoms with Gasteiger partial charge in [0.2, 0.25) is 4.96 Å². The molecule has 0 aliphatic heterocycles. The molecule has 0 saturated heterocycles. The first kappa shape index (κ1) is 8.37. The number of fused-ring (bicyclic) bond motifs is 1. The fourth-order valence-electron chi connectivity index (χ4n) is 1.33. The standard InChI is InChI=1S/C9H7N5S/c10-7-5-14-9(12-7)15-8(13-14)6-1-3-11-4-2-6/h1-5H,10H2. The number of nitrogen functional groups attached to an aromatic ring is 1. The Labute approximate surface area is 89.2 Å².